The van der Waals surface area contributed by atoms with E-state index >= 15 is 0 Å². The van der Waals surface area contributed by atoms with Gasteiger partial charge in [0, 0.05) is 80.1 Å². The summed E-state index contributed by atoms with van der Waals surface area (Å²) in [5.74, 6) is -3.97. The van der Waals surface area contributed by atoms with Crippen LogP contribution in [0.4, 0.5) is 10.5 Å². The molecule has 0 radical (unpaired) electrons. The van der Waals surface area contributed by atoms with Crippen molar-refractivity contribution in [1.29, 1.82) is 0 Å². The Morgan fingerprint density at radius 1 is 1.00 bits per heavy atom. The number of allylic oxidation sites excluding steroid dienone is 4. The molecule has 2 bridgehead atoms. The van der Waals surface area contributed by atoms with Crippen molar-refractivity contribution < 1.29 is 57.7 Å². The van der Waals surface area contributed by atoms with Gasteiger partial charge >= 0.3 is 6.09 Å². The monoisotopic (exact) mass is 900 g/mol. The summed E-state index contributed by atoms with van der Waals surface area (Å²) >= 11 is 0. The van der Waals surface area contributed by atoms with Crippen LogP contribution in [0, 0.1) is 11.8 Å². The Bertz CT molecular complexity index is 2230. The first-order valence-corrected chi connectivity index (χ1v) is 21.8. The molecule has 0 aromatic heterocycles. The van der Waals surface area contributed by atoms with Crippen molar-refractivity contribution in [3.05, 3.63) is 87.8 Å². The number of nitrogens with zero attached hydrogens (tertiary/aromatic N) is 1. The van der Waals surface area contributed by atoms with Gasteiger partial charge in [-0.15, -0.1) is 0 Å². The number of anilines is 1. The number of Topliss-reactive ketones (excluding diaryl/α,β-unsaturated/α-hetero) is 1. The van der Waals surface area contributed by atoms with Crippen LogP contribution in [0.2, 0.25) is 0 Å². The smallest absolute Gasteiger partial charge is 0.405 e. The Kier molecular flexibility index (Phi) is 17.3. The molecule has 18 heteroatoms. The number of aliphatic hydroxyl groups is 1. The third kappa shape index (κ3) is 12.5. The number of fused-ring (bicyclic) bond motifs is 3. The Labute approximate surface area is 378 Å². The van der Waals surface area contributed by atoms with Gasteiger partial charge in [0.2, 0.25) is 29.3 Å². The fourth-order valence-electron chi connectivity index (χ4n) is 8.49. The summed E-state index contributed by atoms with van der Waals surface area (Å²) in [5.41, 5.74) is 7.70. The number of benzene rings is 1. The molecule has 18 nitrogen and oxygen atoms in total. The minimum Gasteiger partial charge on any atom is -0.439 e. The number of carbonyl (C=O) groups is 8. The largest absolute Gasteiger partial charge is 0.439 e. The molecule has 1 aromatic carbocycles. The summed E-state index contributed by atoms with van der Waals surface area (Å²) in [6.07, 6.45) is 5.41. The highest BCUT2D eigenvalue weighted by atomic mass is 16.6. The highest BCUT2D eigenvalue weighted by molar-refractivity contribution is 6.23. The number of rotatable bonds is 12. The van der Waals surface area contributed by atoms with E-state index in [0.717, 1.165) is 6.08 Å². The Hall–Kier alpha value is -6.24. The number of imide groups is 1. The summed E-state index contributed by atoms with van der Waals surface area (Å²) in [6, 6.07) is 4.23. The maximum Gasteiger partial charge on any atom is 0.405 e. The molecule has 1 saturated heterocycles. The number of nitrogens with one attached hydrogen (secondary N) is 4. The minimum atomic E-state index is -1.03. The zero-order chi connectivity index (χ0) is 47.5. The van der Waals surface area contributed by atoms with Crippen molar-refractivity contribution >= 4 is 52.9 Å². The number of amides is 6. The molecule has 1 aliphatic carbocycles. The minimum absolute atomic E-state index is 0.102. The number of hydrogen-bond acceptors (Lipinski definition) is 13. The number of aliphatic hydroxyl groups excluding tert-OH is 1. The average molecular weight is 901 g/mol. The summed E-state index contributed by atoms with van der Waals surface area (Å²) in [6.45, 7) is 7.32. The van der Waals surface area contributed by atoms with E-state index < -0.39 is 65.8 Å². The van der Waals surface area contributed by atoms with Crippen molar-refractivity contribution in [2.24, 2.45) is 17.6 Å². The van der Waals surface area contributed by atoms with E-state index in [9.17, 15) is 43.5 Å². The lowest BCUT2D eigenvalue weighted by Gasteiger charge is -2.30. The van der Waals surface area contributed by atoms with Crippen LogP contribution in [0.3, 0.4) is 0 Å². The fourth-order valence-corrected chi connectivity index (χ4v) is 8.49. The molecule has 3 aliphatic heterocycles. The zero-order valence-electron chi connectivity index (χ0n) is 37.7. The number of piperidine rings is 1. The number of nitrogens with two attached hydrogens (primary N) is 1. The quantitative estimate of drug-likeness (QED) is 0.0763. The van der Waals surface area contributed by atoms with Gasteiger partial charge in [0.15, 0.2) is 6.10 Å². The Morgan fingerprint density at radius 2 is 1.75 bits per heavy atom. The van der Waals surface area contributed by atoms with Gasteiger partial charge in [-0.1, -0.05) is 50.6 Å². The summed E-state index contributed by atoms with van der Waals surface area (Å²) < 4.78 is 16.7. The van der Waals surface area contributed by atoms with Crippen molar-refractivity contribution in [3.8, 4) is 0 Å². The van der Waals surface area contributed by atoms with Crippen molar-refractivity contribution in [3.63, 3.8) is 0 Å². The Morgan fingerprint density at radius 3 is 2.45 bits per heavy atom. The number of ketones is 2. The first-order chi connectivity index (χ1) is 30.9. The molecule has 6 amide bonds. The lowest BCUT2D eigenvalue weighted by Crippen LogP contribution is -2.52. The molecular weight excluding hydrogens is 841 g/mol. The molecule has 7 N–H and O–H groups in total. The number of hydrogen-bond donors (Lipinski definition) is 6. The summed E-state index contributed by atoms with van der Waals surface area (Å²) in [4.78, 5) is 105. The van der Waals surface area contributed by atoms with Gasteiger partial charge in [-0.25, -0.2) is 4.79 Å². The van der Waals surface area contributed by atoms with Crippen LogP contribution >= 0.6 is 0 Å². The van der Waals surface area contributed by atoms with Gasteiger partial charge in [-0.2, -0.15) is 0 Å². The average Bonchev–Trinajstić information content (AvgIpc) is 3.59. The SMILES string of the molecule is COC1C=CC=C(C)C(=O)NC2=CC(=O)C(NCCCCCC(=O)Nc3cccc4c3CN(C3CCC(=O)NC3=O)C4=O)=C(CC(C)CC(OC)C(O)C(C)C=C(C)C1OC(N)=O)C2=O. The van der Waals surface area contributed by atoms with Gasteiger partial charge in [0.25, 0.3) is 11.8 Å². The molecule has 1 fully saturated rings. The first kappa shape index (κ1) is 49.8. The maximum absolute atomic E-state index is 14.1. The lowest BCUT2D eigenvalue weighted by molar-refractivity contribution is -0.137. The lowest BCUT2D eigenvalue weighted by atomic mass is 9.85. The molecule has 4 aliphatic rings. The highest BCUT2D eigenvalue weighted by Gasteiger charge is 2.40. The second kappa shape index (κ2) is 22.6. The van der Waals surface area contributed by atoms with E-state index in [1.165, 1.54) is 38.2 Å². The van der Waals surface area contributed by atoms with Crippen molar-refractivity contribution in [2.45, 2.75) is 116 Å². The molecule has 0 saturated carbocycles. The second-order valence-corrected chi connectivity index (χ2v) is 16.9. The second-order valence-electron chi connectivity index (χ2n) is 16.9. The van der Waals surface area contributed by atoms with E-state index in [1.807, 2.05) is 6.92 Å². The van der Waals surface area contributed by atoms with Gasteiger partial charge < -0.3 is 45.9 Å². The molecule has 0 spiro atoms. The predicted molar refractivity (Wildman–Crippen MR) is 237 cm³/mol. The number of ether oxygens (including phenoxy) is 3. The molecule has 5 rings (SSSR count). The van der Waals surface area contributed by atoms with Crippen molar-refractivity contribution in [2.75, 3.05) is 26.1 Å². The Balaban J connectivity index is 1.25. The van der Waals surface area contributed by atoms with Crippen LogP contribution < -0.4 is 27.0 Å². The molecule has 7 unspecified atom stereocenters. The molecule has 3 heterocycles. The van der Waals surface area contributed by atoms with E-state index in [4.69, 9.17) is 19.9 Å². The molecule has 350 valence electrons. The molecule has 7 atom stereocenters. The maximum atomic E-state index is 14.1. The van der Waals surface area contributed by atoms with Gasteiger partial charge in [-0.3, -0.25) is 38.9 Å². The first-order valence-electron chi connectivity index (χ1n) is 21.8. The molecular formula is C47H60N6O12. The van der Waals surface area contributed by atoms with E-state index in [-0.39, 0.29) is 84.8 Å². The highest BCUT2D eigenvalue weighted by Crippen LogP contribution is 2.33. The van der Waals surface area contributed by atoms with Crippen LogP contribution in [0.15, 0.2) is 76.7 Å². The number of primary amides is 1. The van der Waals surface area contributed by atoms with Crippen LogP contribution in [-0.2, 0) is 49.5 Å². The van der Waals surface area contributed by atoms with Gasteiger partial charge in [-0.05, 0) is 69.6 Å². The van der Waals surface area contributed by atoms with Crippen molar-refractivity contribution in [1.82, 2.24) is 20.9 Å². The van der Waals surface area contributed by atoms with Crippen LogP contribution in [0.25, 0.3) is 0 Å². The molecule has 1 aromatic rings. The van der Waals surface area contributed by atoms with Gasteiger partial charge in [0.05, 0.1) is 23.6 Å². The number of methoxy groups -OCH3 is 2. The third-order valence-corrected chi connectivity index (χ3v) is 12.0. The van der Waals surface area contributed by atoms with Crippen LogP contribution in [0.1, 0.15) is 95.0 Å². The fraction of sp³-hybridized carbons (Fsp3) is 0.489. The predicted octanol–water partition coefficient (Wildman–Crippen LogP) is 3.31. The molecule has 65 heavy (non-hydrogen) atoms. The number of unbranched alkanes of at least 4 members (excludes halogenated alkanes) is 2. The van der Waals surface area contributed by atoms with E-state index in [2.05, 4.69) is 21.3 Å². The summed E-state index contributed by atoms with van der Waals surface area (Å²) in [7, 11) is 2.88. The van der Waals surface area contributed by atoms with Crippen LogP contribution in [-0.4, -0.2) is 108 Å². The third-order valence-electron chi connectivity index (χ3n) is 12.0. The summed E-state index contributed by atoms with van der Waals surface area (Å²) in [5, 5.41) is 22.4. The van der Waals surface area contributed by atoms with E-state index in [0.29, 0.717) is 48.2 Å². The van der Waals surface area contributed by atoms with E-state index in [1.54, 1.807) is 44.2 Å². The topological polar surface area (TPSA) is 262 Å². The number of carbonyl (C=O) groups excluding carboxylic acids is 8. The zero-order valence-corrected chi connectivity index (χ0v) is 37.7. The van der Waals surface area contributed by atoms with Crippen LogP contribution in [0.5, 0.6) is 0 Å². The standard InChI is InChI=1S/C47H60N6O12/c1-25-20-30-40(49-19-9-7-8-16-38(55)50-32-14-11-13-29-31(32)24-53(46(29)61)34-17-18-39(56)52-45(34)60)35(54)23-33(42(30)58)51-44(59)26(2)12-10-15-36(63-5)43(65-47(48)62)28(4)22-27(3)41(57)37(21-25)64-6/h10-15,22-23,25,27,34,36-37,41,43,49,57H,7-9,16-21,24H2,1-6H3,(H2,48,62)(H,50,55)(H,51,59)(H,52,56,60). The van der Waals surface area contributed by atoms with Gasteiger partial charge in [0.1, 0.15) is 12.1 Å². The normalized spacial score (nSPS) is 25.9.